The van der Waals surface area contributed by atoms with Gasteiger partial charge in [-0.2, -0.15) is 5.26 Å². The van der Waals surface area contributed by atoms with Crippen molar-refractivity contribution in [3.05, 3.63) is 30.1 Å². The Morgan fingerprint density at radius 2 is 2.21 bits per heavy atom. The first kappa shape index (κ1) is 10.7. The van der Waals surface area contributed by atoms with Crippen LogP contribution in [0.25, 0.3) is 0 Å². The lowest BCUT2D eigenvalue weighted by atomic mass is 10.2. The number of aromatic nitrogens is 1. The van der Waals surface area contributed by atoms with Gasteiger partial charge in [-0.1, -0.05) is 19.8 Å². The lowest BCUT2D eigenvalue weighted by molar-refractivity contribution is -0.697. The number of rotatable bonds is 5. The molecule has 0 amide bonds. The molecule has 0 saturated carbocycles. The summed E-state index contributed by atoms with van der Waals surface area (Å²) in [5.74, 6) is 0. The number of hydrogen-bond acceptors (Lipinski definition) is 1. The maximum absolute atomic E-state index is 8.71. The molecule has 0 aromatic carbocycles. The van der Waals surface area contributed by atoms with Crippen LogP contribution < -0.4 is 4.57 Å². The van der Waals surface area contributed by atoms with Crippen LogP contribution >= 0.6 is 0 Å². The number of nitrogens with zero attached hydrogens (tertiary/aromatic N) is 2. The average Bonchev–Trinajstić information content (AvgIpc) is 2.25. The summed E-state index contributed by atoms with van der Waals surface area (Å²) >= 11 is 0. The fourth-order valence-corrected chi connectivity index (χ4v) is 1.45. The zero-order valence-electron chi connectivity index (χ0n) is 8.74. The molecule has 0 fully saturated rings. The van der Waals surface area contributed by atoms with E-state index in [4.69, 9.17) is 5.26 Å². The van der Waals surface area contributed by atoms with Crippen molar-refractivity contribution in [3.63, 3.8) is 0 Å². The van der Waals surface area contributed by atoms with Crippen molar-refractivity contribution in [2.24, 2.45) is 0 Å². The highest BCUT2D eigenvalue weighted by atomic mass is 14.9. The Morgan fingerprint density at radius 3 is 2.93 bits per heavy atom. The zero-order chi connectivity index (χ0) is 10.2. The summed E-state index contributed by atoms with van der Waals surface area (Å²) < 4.78 is 2.09. The summed E-state index contributed by atoms with van der Waals surface area (Å²) in [4.78, 5) is 0. The van der Waals surface area contributed by atoms with Gasteiger partial charge in [0.15, 0.2) is 12.4 Å². The minimum atomic E-state index is 0.739. The first-order valence-corrected chi connectivity index (χ1v) is 5.26. The molecule has 0 unspecified atom stereocenters. The predicted octanol–water partition coefficient (Wildman–Crippen LogP) is 2.43. The van der Waals surface area contributed by atoms with E-state index in [-0.39, 0.29) is 0 Å². The Labute approximate surface area is 85.8 Å². The van der Waals surface area contributed by atoms with Gasteiger partial charge in [0.25, 0.3) is 0 Å². The van der Waals surface area contributed by atoms with E-state index >= 15 is 0 Å². The van der Waals surface area contributed by atoms with E-state index in [1.54, 1.807) is 0 Å². The molecule has 74 valence electrons. The Hall–Kier alpha value is -1.36. The Kier molecular flexibility index (Phi) is 4.71. The summed E-state index contributed by atoms with van der Waals surface area (Å²) in [6, 6.07) is 5.91. The van der Waals surface area contributed by atoms with Crippen LogP contribution in [-0.4, -0.2) is 0 Å². The van der Waals surface area contributed by atoms with Crippen LogP contribution in [0.3, 0.4) is 0 Å². The van der Waals surface area contributed by atoms with Crippen LogP contribution in [0.1, 0.15) is 38.2 Å². The van der Waals surface area contributed by atoms with Crippen LogP contribution in [-0.2, 0) is 6.54 Å². The fraction of sp³-hybridized carbons (Fsp3) is 0.500. The number of unbranched alkanes of at least 4 members (excludes halogenated alkanes) is 3. The molecule has 0 radical (unpaired) electrons. The van der Waals surface area contributed by atoms with Crippen molar-refractivity contribution >= 4 is 0 Å². The van der Waals surface area contributed by atoms with Gasteiger partial charge in [-0.15, -0.1) is 0 Å². The molecule has 0 spiro atoms. The van der Waals surface area contributed by atoms with Gasteiger partial charge >= 0.3 is 0 Å². The molecular formula is C12H17N2+. The van der Waals surface area contributed by atoms with Gasteiger partial charge in [0.1, 0.15) is 18.2 Å². The van der Waals surface area contributed by atoms with E-state index < -0.39 is 0 Å². The molecule has 1 heterocycles. The third kappa shape index (κ3) is 3.57. The predicted molar refractivity (Wildman–Crippen MR) is 55.5 cm³/mol. The molecule has 1 aromatic heterocycles. The second kappa shape index (κ2) is 6.15. The molecule has 0 aliphatic carbocycles. The lowest BCUT2D eigenvalue weighted by Gasteiger charge is -1.96. The van der Waals surface area contributed by atoms with Gasteiger partial charge in [-0.25, -0.2) is 4.57 Å². The maximum atomic E-state index is 8.71. The molecule has 2 heteroatoms. The number of aryl methyl sites for hydroxylation is 1. The van der Waals surface area contributed by atoms with Gasteiger partial charge in [0.05, 0.1) is 0 Å². The van der Waals surface area contributed by atoms with Crippen molar-refractivity contribution in [2.45, 2.75) is 39.2 Å². The van der Waals surface area contributed by atoms with E-state index in [9.17, 15) is 0 Å². The Balaban J connectivity index is 2.39. The summed E-state index contributed by atoms with van der Waals surface area (Å²) in [5, 5.41) is 8.71. The van der Waals surface area contributed by atoms with Crippen molar-refractivity contribution < 1.29 is 4.57 Å². The minimum absolute atomic E-state index is 0.739. The molecule has 0 N–H and O–H groups in total. The molecule has 0 bridgehead atoms. The number of pyridine rings is 1. The van der Waals surface area contributed by atoms with Gasteiger partial charge < -0.3 is 0 Å². The molecule has 1 rings (SSSR count). The smallest absolute Gasteiger partial charge is 0.186 e. The molecule has 2 nitrogen and oxygen atoms in total. The van der Waals surface area contributed by atoms with Crippen LogP contribution in [0.4, 0.5) is 0 Å². The quantitative estimate of drug-likeness (QED) is 0.516. The average molecular weight is 189 g/mol. The second-order valence-electron chi connectivity index (χ2n) is 3.50. The van der Waals surface area contributed by atoms with E-state index in [1.165, 1.54) is 25.7 Å². The van der Waals surface area contributed by atoms with Crippen molar-refractivity contribution in [3.8, 4) is 6.07 Å². The molecule has 14 heavy (non-hydrogen) atoms. The van der Waals surface area contributed by atoms with Gasteiger partial charge in [-0.3, -0.25) is 0 Å². The van der Waals surface area contributed by atoms with Crippen molar-refractivity contribution in [2.75, 3.05) is 0 Å². The lowest BCUT2D eigenvalue weighted by Crippen LogP contribution is -2.32. The summed E-state index contributed by atoms with van der Waals surface area (Å²) in [6.45, 7) is 3.24. The van der Waals surface area contributed by atoms with Gasteiger partial charge in [0.2, 0.25) is 0 Å². The molecule has 0 aliphatic rings. The largest absolute Gasteiger partial charge is 0.204 e. The summed E-state index contributed by atoms with van der Waals surface area (Å²) in [6.07, 6.45) is 8.98. The van der Waals surface area contributed by atoms with E-state index in [1.807, 2.05) is 24.5 Å². The second-order valence-corrected chi connectivity index (χ2v) is 3.50. The number of hydrogen-bond donors (Lipinski definition) is 0. The molecular weight excluding hydrogens is 172 g/mol. The van der Waals surface area contributed by atoms with Gasteiger partial charge in [-0.05, 0) is 12.5 Å². The molecule has 0 aliphatic heterocycles. The van der Waals surface area contributed by atoms with E-state index in [0.29, 0.717) is 0 Å². The molecule has 0 saturated heterocycles. The monoisotopic (exact) mass is 189 g/mol. The minimum Gasteiger partial charge on any atom is -0.204 e. The standard InChI is InChI=1S/C12H17N2/c1-2-3-4-5-8-14-9-6-7-12(10-13)11-14/h6-7,9,11H,2-5,8H2,1H3/q+1. The topological polar surface area (TPSA) is 27.7 Å². The van der Waals surface area contributed by atoms with Gasteiger partial charge in [0, 0.05) is 12.5 Å². The first-order chi connectivity index (χ1) is 6.86. The van der Waals surface area contributed by atoms with E-state index in [2.05, 4.69) is 17.6 Å². The summed E-state index contributed by atoms with van der Waals surface area (Å²) in [7, 11) is 0. The normalized spacial score (nSPS) is 9.71. The third-order valence-corrected chi connectivity index (χ3v) is 2.26. The molecule has 0 atom stereocenters. The first-order valence-electron chi connectivity index (χ1n) is 5.26. The van der Waals surface area contributed by atoms with E-state index in [0.717, 1.165) is 12.1 Å². The van der Waals surface area contributed by atoms with Crippen molar-refractivity contribution in [1.29, 1.82) is 5.26 Å². The van der Waals surface area contributed by atoms with Crippen molar-refractivity contribution in [1.82, 2.24) is 0 Å². The Bertz CT molecular complexity index is 312. The van der Waals surface area contributed by atoms with Crippen LogP contribution in [0, 0.1) is 11.3 Å². The zero-order valence-corrected chi connectivity index (χ0v) is 8.74. The van der Waals surface area contributed by atoms with Crippen LogP contribution in [0.15, 0.2) is 24.5 Å². The SMILES string of the molecule is CCCCCC[n+]1cccc(C#N)c1. The highest BCUT2D eigenvalue weighted by Crippen LogP contribution is 1.98. The van der Waals surface area contributed by atoms with Crippen LogP contribution in [0.2, 0.25) is 0 Å². The highest BCUT2D eigenvalue weighted by Gasteiger charge is 2.00. The number of nitriles is 1. The highest BCUT2D eigenvalue weighted by molar-refractivity contribution is 5.21. The fourth-order valence-electron chi connectivity index (χ4n) is 1.45. The Morgan fingerprint density at radius 1 is 1.36 bits per heavy atom. The third-order valence-electron chi connectivity index (χ3n) is 2.26. The maximum Gasteiger partial charge on any atom is 0.186 e. The van der Waals surface area contributed by atoms with Crippen LogP contribution in [0.5, 0.6) is 0 Å². The summed E-state index contributed by atoms with van der Waals surface area (Å²) in [5.41, 5.74) is 0.739. The molecule has 1 aromatic rings.